The van der Waals surface area contributed by atoms with E-state index in [9.17, 15) is 9.59 Å². The maximum absolute atomic E-state index is 11.6. The van der Waals surface area contributed by atoms with Crippen LogP contribution in [0.25, 0.3) is 10.8 Å². The topological polar surface area (TPSA) is 71.1 Å². The lowest BCUT2D eigenvalue weighted by Gasteiger charge is -2.25. The van der Waals surface area contributed by atoms with Gasteiger partial charge in [-0.3, -0.25) is 0 Å². The quantitative estimate of drug-likeness (QED) is 0.304. The van der Waals surface area contributed by atoms with Crippen molar-refractivity contribution >= 4 is 22.7 Å². The molecule has 0 aromatic heterocycles. The number of carbonyl (C=O) groups is 2. The molecule has 0 unspecified atom stereocenters. The third-order valence-electron chi connectivity index (χ3n) is 5.26. The van der Waals surface area contributed by atoms with Gasteiger partial charge in [-0.15, -0.1) is 0 Å². The summed E-state index contributed by atoms with van der Waals surface area (Å²) in [5.74, 6) is 0.804. The van der Waals surface area contributed by atoms with Crippen LogP contribution in [0.1, 0.15) is 37.8 Å². The predicted molar refractivity (Wildman–Crippen MR) is 123 cm³/mol. The van der Waals surface area contributed by atoms with E-state index in [1.54, 1.807) is 13.8 Å². The van der Waals surface area contributed by atoms with Crippen LogP contribution in [0.2, 0.25) is 0 Å². The molecular weight excluding hydrogens is 408 g/mol. The van der Waals surface area contributed by atoms with Crippen LogP contribution in [0, 0.1) is 0 Å². The Kier molecular flexibility index (Phi) is 7.92. The van der Waals surface area contributed by atoms with Crippen LogP contribution in [-0.4, -0.2) is 38.4 Å². The molecule has 0 heterocycles. The van der Waals surface area contributed by atoms with Crippen molar-refractivity contribution < 1.29 is 28.5 Å². The molecule has 1 aliphatic carbocycles. The van der Waals surface area contributed by atoms with E-state index in [0.29, 0.717) is 11.1 Å². The second-order valence-corrected chi connectivity index (χ2v) is 7.90. The summed E-state index contributed by atoms with van der Waals surface area (Å²) in [5, 5.41) is 1.90. The number of hydrogen-bond donors (Lipinski definition) is 0. The molecule has 0 bridgehead atoms. The molecule has 6 nitrogen and oxygen atoms in total. The highest BCUT2D eigenvalue weighted by atomic mass is 16.6. The smallest absolute Gasteiger partial charge is 0.333 e. The Bertz CT molecular complexity index is 954. The van der Waals surface area contributed by atoms with Gasteiger partial charge in [0.25, 0.3) is 0 Å². The normalized spacial score (nSPS) is 12.6. The minimum absolute atomic E-state index is 0.154. The number of rotatable bonds is 10. The number of hydrogen-bond acceptors (Lipinski definition) is 6. The van der Waals surface area contributed by atoms with E-state index in [1.165, 1.54) is 0 Å². The zero-order chi connectivity index (χ0) is 23.1. The Labute approximate surface area is 188 Å². The third kappa shape index (κ3) is 5.49. The monoisotopic (exact) mass is 438 g/mol. The van der Waals surface area contributed by atoms with Gasteiger partial charge in [0.05, 0.1) is 0 Å². The first kappa shape index (κ1) is 23.4. The van der Waals surface area contributed by atoms with Crippen molar-refractivity contribution in [2.24, 2.45) is 0 Å². The van der Waals surface area contributed by atoms with Crippen molar-refractivity contribution in [2.45, 2.75) is 39.5 Å². The summed E-state index contributed by atoms with van der Waals surface area (Å²) in [4.78, 5) is 23.2. The molecule has 0 amide bonds. The minimum Gasteiger partial charge on any atom is -0.489 e. The highest BCUT2D eigenvalue weighted by Crippen LogP contribution is 2.44. The average molecular weight is 439 g/mol. The Hall–Kier alpha value is -3.28. The van der Waals surface area contributed by atoms with Crippen molar-refractivity contribution in [1.29, 1.82) is 0 Å². The van der Waals surface area contributed by atoms with E-state index in [0.717, 1.165) is 59.1 Å². The van der Waals surface area contributed by atoms with Gasteiger partial charge in [0.1, 0.15) is 37.9 Å². The molecule has 2 aromatic rings. The van der Waals surface area contributed by atoms with E-state index in [1.807, 2.05) is 24.3 Å². The summed E-state index contributed by atoms with van der Waals surface area (Å²) < 4.78 is 22.6. The minimum atomic E-state index is -0.420. The Morgan fingerprint density at radius 3 is 1.53 bits per heavy atom. The average Bonchev–Trinajstić information content (AvgIpc) is 2.79. The zero-order valence-corrected chi connectivity index (χ0v) is 18.8. The second-order valence-electron chi connectivity index (χ2n) is 7.90. The second kappa shape index (κ2) is 10.8. The Morgan fingerprint density at radius 2 is 1.16 bits per heavy atom. The van der Waals surface area contributed by atoms with Crippen molar-refractivity contribution in [3.05, 3.63) is 59.7 Å². The first-order valence-electron chi connectivity index (χ1n) is 10.9. The van der Waals surface area contributed by atoms with E-state index in [2.05, 4.69) is 13.2 Å². The Balaban J connectivity index is 1.82. The molecule has 170 valence electrons. The lowest BCUT2D eigenvalue weighted by Crippen LogP contribution is -2.16. The lowest BCUT2D eigenvalue weighted by molar-refractivity contribution is -0.140. The molecule has 6 heteroatoms. The van der Waals surface area contributed by atoms with Gasteiger partial charge in [0.15, 0.2) is 0 Å². The molecule has 1 aliphatic rings. The predicted octanol–water partition coefficient (Wildman–Crippen LogP) is 4.71. The van der Waals surface area contributed by atoms with E-state index in [-0.39, 0.29) is 26.4 Å². The molecule has 0 atom stereocenters. The highest BCUT2D eigenvalue weighted by molar-refractivity contribution is 5.96. The van der Waals surface area contributed by atoms with Crippen LogP contribution < -0.4 is 9.47 Å². The van der Waals surface area contributed by atoms with Crippen LogP contribution in [0.3, 0.4) is 0 Å². The molecule has 0 aliphatic heterocycles. The van der Waals surface area contributed by atoms with Gasteiger partial charge < -0.3 is 18.9 Å². The maximum atomic E-state index is 11.6. The fraction of sp³-hybridized carbons (Fsp3) is 0.385. The van der Waals surface area contributed by atoms with Crippen molar-refractivity contribution in [2.75, 3.05) is 26.4 Å². The maximum Gasteiger partial charge on any atom is 0.333 e. The van der Waals surface area contributed by atoms with Crippen molar-refractivity contribution in [3.8, 4) is 11.5 Å². The van der Waals surface area contributed by atoms with Crippen LogP contribution in [0.4, 0.5) is 0 Å². The van der Waals surface area contributed by atoms with Gasteiger partial charge in [-0.05, 0) is 39.5 Å². The van der Waals surface area contributed by atoms with Crippen LogP contribution in [0.15, 0.2) is 48.6 Å². The van der Waals surface area contributed by atoms with E-state index >= 15 is 0 Å². The summed E-state index contributed by atoms with van der Waals surface area (Å²) in [6.07, 6.45) is 3.92. The summed E-state index contributed by atoms with van der Waals surface area (Å²) in [5.41, 5.74) is 3.00. The summed E-state index contributed by atoms with van der Waals surface area (Å²) in [6.45, 7) is 11.2. The highest BCUT2D eigenvalue weighted by Gasteiger charge is 2.24. The molecule has 2 aromatic carbocycles. The molecule has 32 heavy (non-hydrogen) atoms. The van der Waals surface area contributed by atoms with Gasteiger partial charge in [-0.25, -0.2) is 9.59 Å². The molecule has 0 N–H and O–H groups in total. The summed E-state index contributed by atoms with van der Waals surface area (Å²) in [7, 11) is 0. The zero-order valence-electron chi connectivity index (χ0n) is 18.8. The van der Waals surface area contributed by atoms with Gasteiger partial charge in [0.2, 0.25) is 0 Å². The largest absolute Gasteiger partial charge is 0.489 e. The van der Waals surface area contributed by atoms with Gasteiger partial charge in [0, 0.05) is 33.0 Å². The number of esters is 2. The third-order valence-corrected chi connectivity index (χ3v) is 5.26. The number of carbonyl (C=O) groups excluding carboxylic acids is 2. The molecule has 0 saturated heterocycles. The molecule has 0 fully saturated rings. The molecule has 0 saturated carbocycles. The SMILES string of the molecule is C=C(C)C(=O)OCCOc1c2c(c(OCCOC(=O)C(=C)C)c3ccccc13)CCCC2. The fourth-order valence-corrected chi connectivity index (χ4v) is 3.74. The molecule has 0 spiro atoms. The van der Waals surface area contributed by atoms with Crippen LogP contribution in [-0.2, 0) is 31.9 Å². The van der Waals surface area contributed by atoms with Crippen LogP contribution in [0.5, 0.6) is 11.5 Å². The van der Waals surface area contributed by atoms with Crippen LogP contribution >= 0.6 is 0 Å². The summed E-state index contributed by atoms with van der Waals surface area (Å²) in [6, 6.07) is 7.94. The first-order chi connectivity index (χ1) is 15.4. The van der Waals surface area contributed by atoms with Gasteiger partial charge in [-0.2, -0.15) is 0 Å². The first-order valence-corrected chi connectivity index (χ1v) is 10.9. The molecule has 3 rings (SSSR count). The fourth-order valence-electron chi connectivity index (χ4n) is 3.74. The molecule has 0 radical (unpaired) electrons. The lowest BCUT2D eigenvalue weighted by atomic mass is 9.87. The van der Waals surface area contributed by atoms with E-state index in [4.69, 9.17) is 18.9 Å². The molecular formula is C26H30O6. The summed E-state index contributed by atoms with van der Waals surface area (Å²) >= 11 is 0. The Morgan fingerprint density at radius 1 is 0.750 bits per heavy atom. The van der Waals surface area contributed by atoms with Crippen molar-refractivity contribution in [1.82, 2.24) is 0 Å². The van der Waals surface area contributed by atoms with Crippen molar-refractivity contribution in [3.63, 3.8) is 0 Å². The van der Waals surface area contributed by atoms with Gasteiger partial charge >= 0.3 is 11.9 Å². The number of benzene rings is 2. The van der Waals surface area contributed by atoms with E-state index < -0.39 is 11.9 Å². The standard InChI is InChI=1S/C26H30O6/c1-17(2)25(27)31-15-13-29-23-19-9-5-7-11-21(19)24(22-12-8-6-10-20(22)23)30-14-16-32-26(28)18(3)4/h5,7,9,11H,1,3,6,8,10,12-16H2,2,4H3. The van der Waals surface area contributed by atoms with Gasteiger partial charge in [-0.1, -0.05) is 37.4 Å². The number of ether oxygens (including phenoxy) is 4. The number of fused-ring (bicyclic) bond motifs is 2.